The Labute approximate surface area is 164 Å². The highest BCUT2D eigenvalue weighted by Crippen LogP contribution is 2.21. The van der Waals surface area contributed by atoms with Crippen LogP contribution in [0.25, 0.3) is 11.1 Å². The zero-order chi connectivity index (χ0) is 19.2. The van der Waals surface area contributed by atoms with Crippen LogP contribution in [-0.4, -0.2) is 20.7 Å². The van der Waals surface area contributed by atoms with Gasteiger partial charge in [-0.1, -0.05) is 61.5 Å². The molecular formula is C21H24N4OS. The second-order valence-corrected chi connectivity index (χ2v) is 6.95. The van der Waals surface area contributed by atoms with E-state index in [2.05, 4.69) is 58.8 Å². The topological polar surface area (TPSA) is 62.7 Å². The van der Waals surface area contributed by atoms with Crippen molar-refractivity contribution in [3.63, 3.8) is 0 Å². The molecule has 1 amide bonds. The summed E-state index contributed by atoms with van der Waals surface area (Å²) in [6, 6.07) is 18.4. The molecule has 6 heteroatoms. The van der Waals surface area contributed by atoms with Crippen LogP contribution in [0.2, 0.25) is 0 Å². The molecule has 140 valence electrons. The number of hydrogen-bond donors (Lipinski definition) is 2. The molecule has 2 aromatic carbocycles. The minimum atomic E-state index is -0.0852. The molecule has 1 aromatic heterocycles. The van der Waals surface area contributed by atoms with Crippen LogP contribution in [0.3, 0.4) is 0 Å². The van der Waals surface area contributed by atoms with Crippen molar-refractivity contribution in [1.82, 2.24) is 20.1 Å². The van der Waals surface area contributed by atoms with Crippen molar-refractivity contribution in [2.45, 2.75) is 39.3 Å². The monoisotopic (exact) mass is 380 g/mol. The first-order valence-corrected chi connectivity index (χ1v) is 9.58. The summed E-state index contributed by atoms with van der Waals surface area (Å²) in [6.07, 6.45) is 1.74. The van der Waals surface area contributed by atoms with Crippen LogP contribution in [0.1, 0.15) is 37.7 Å². The van der Waals surface area contributed by atoms with Gasteiger partial charge in [0.15, 0.2) is 4.77 Å². The Morgan fingerprint density at radius 1 is 1.15 bits per heavy atom. The number of carbonyl (C=O) groups is 1. The van der Waals surface area contributed by atoms with Gasteiger partial charge < -0.3 is 5.32 Å². The molecule has 1 atom stereocenters. The van der Waals surface area contributed by atoms with Gasteiger partial charge in [0, 0.05) is 6.42 Å². The summed E-state index contributed by atoms with van der Waals surface area (Å²) in [5.74, 6) is 0.738. The van der Waals surface area contributed by atoms with Crippen LogP contribution >= 0.6 is 12.2 Å². The van der Waals surface area contributed by atoms with Crippen molar-refractivity contribution in [1.29, 1.82) is 0 Å². The summed E-state index contributed by atoms with van der Waals surface area (Å²) in [5.41, 5.74) is 3.40. The third kappa shape index (κ3) is 4.71. The van der Waals surface area contributed by atoms with E-state index in [0.717, 1.165) is 29.8 Å². The first kappa shape index (κ1) is 19.0. The molecule has 0 radical (unpaired) electrons. The molecule has 3 aromatic rings. The number of hydrogen-bond acceptors (Lipinski definition) is 3. The second kappa shape index (κ2) is 8.77. The van der Waals surface area contributed by atoms with Gasteiger partial charge in [0.05, 0.1) is 6.04 Å². The second-order valence-electron chi connectivity index (χ2n) is 6.56. The van der Waals surface area contributed by atoms with Gasteiger partial charge in [0.2, 0.25) is 5.91 Å². The summed E-state index contributed by atoms with van der Waals surface area (Å²) in [7, 11) is 0. The van der Waals surface area contributed by atoms with Crippen LogP contribution in [0.5, 0.6) is 0 Å². The summed E-state index contributed by atoms with van der Waals surface area (Å²) in [6.45, 7) is 4.23. The minimum Gasteiger partial charge on any atom is -0.348 e. The molecule has 3 rings (SSSR count). The molecule has 2 N–H and O–H groups in total. The van der Waals surface area contributed by atoms with E-state index in [1.165, 1.54) is 5.56 Å². The highest BCUT2D eigenvalue weighted by atomic mass is 32.1. The normalized spacial score (nSPS) is 11.9. The molecule has 0 bridgehead atoms. The molecule has 0 fully saturated rings. The molecule has 0 spiro atoms. The molecule has 0 aliphatic rings. The largest absolute Gasteiger partial charge is 0.348 e. The molecule has 0 aliphatic carbocycles. The van der Waals surface area contributed by atoms with E-state index in [0.29, 0.717) is 4.77 Å². The van der Waals surface area contributed by atoms with Gasteiger partial charge in [-0.05, 0) is 42.3 Å². The van der Waals surface area contributed by atoms with Crippen molar-refractivity contribution in [3.05, 3.63) is 70.8 Å². The average Bonchev–Trinajstić information content (AvgIpc) is 3.02. The van der Waals surface area contributed by atoms with Crippen molar-refractivity contribution < 1.29 is 4.79 Å². The molecule has 0 aliphatic heterocycles. The lowest BCUT2D eigenvalue weighted by Crippen LogP contribution is -2.30. The maximum atomic E-state index is 12.5. The van der Waals surface area contributed by atoms with Gasteiger partial charge in [-0.15, -0.1) is 0 Å². The maximum absolute atomic E-state index is 12.5. The number of amides is 1. The standard InChI is InChI=1S/C21H24N4OS/c1-3-7-19-23-24-21(27)25(19)14-20(26)22-15(2)16-10-12-18(13-11-16)17-8-5-4-6-9-17/h4-6,8-13,15H,3,7,14H2,1-2H3,(H,22,26)(H,24,27). The number of benzene rings is 2. The summed E-state index contributed by atoms with van der Waals surface area (Å²) < 4.78 is 2.24. The van der Waals surface area contributed by atoms with Crippen molar-refractivity contribution in [3.8, 4) is 11.1 Å². The summed E-state index contributed by atoms with van der Waals surface area (Å²) in [5, 5.41) is 10.0. The Hall–Kier alpha value is -2.73. The molecule has 1 unspecified atom stereocenters. The minimum absolute atomic E-state index is 0.0792. The zero-order valence-electron chi connectivity index (χ0n) is 15.6. The Morgan fingerprint density at radius 2 is 1.81 bits per heavy atom. The van der Waals surface area contributed by atoms with Gasteiger partial charge in [0.25, 0.3) is 0 Å². The highest BCUT2D eigenvalue weighted by molar-refractivity contribution is 7.71. The van der Waals surface area contributed by atoms with E-state index in [1.54, 1.807) is 4.57 Å². The Kier molecular flexibility index (Phi) is 6.19. The quantitative estimate of drug-likeness (QED) is 0.596. The average molecular weight is 381 g/mol. The maximum Gasteiger partial charge on any atom is 0.240 e. The Balaban J connectivity index is 1.65. The Morgan fingerprint density at radius 3 is 2.48 bits per heavy atom. The van der Waals surface area contributed by atoms with E-state index in [9.17, 15) is 4.79 Å². The zero-order valence-corrected chi connectivity index (χ0v) is 16.4. The fraction of sp³-hybridized carbons (Fsp3) is 0.286. The van der Waals surface area contributed by atoms with Crippen molar-refractivity contribution >= 4 is 18.1 Å². The number of H-pyrrole nitrogens is 1. The van der Waals surface area contributed by atoms with Gasteiger partial charge in [-0.3, -0.25) is 14.5 Å². The predicted octanol–water partition coefficient (Wildman–Crippen LogP) is 4.44. The van der Waals surface area contributed by atoms with Gasteiger partial charge in [0.1, 0.15) is 12.4 Å². The van der Waals surface area contributed by atoms with E-state index in [4.69, 9.17) is 12.2 Å². The highest BCUT2D eigenvalue weighted by Gasteiger charge is 2.13. The van der Waals surface area contributed by atoms with Crippen molar-refractivity contribution in [2.24, 2.45) is 0 Å². The van der Waals surface area contributed by atoms with Crippen LogP contribution in [0, 0.1) is 4.77 Å². The Bertz CT molecular complexity index is 944. The SMILES string of the molecule is CCCc1n[nH]c(=S)n1CC(=O)NC(C)c1ccc(-c2ccccc2)cc1. The molecular weight excluding hydrogens is 356 g/mol. The fourth-order valence-electron chi connectivity index (χ4n) is 3.04. The number of nitrogens with zero attached hydrogens (tertiary/aromatic N) is 2. The number of aromatic nitrogens is 3. The van der Waals surface area contributed by atoms with E-state index >= 15 is 0 Å². The third-order valence-corrected chi connectivity index (χ3v) is 4.82. The fourth-order valence-corrected chi connectivity index (χ4v) is 3.25. The molecule has 0 saturated heterocycles. The van der Waals surface area contributed by atoms with Crippen molar-refractivity contribution in [2.75, 3.05) is 0 Å². The third-order valence-electron chi connectivity index (χ3n) is 4.51. The predicted molar refractivity (Wildman–Crippen MR) is 110 cm³/mol. The summed E-state index contributed by atoms with van der Waals surface area (Å²) in [4.78, 5) is 12.5. The lowest BCUT2D eigenvalue weighted by molar-refractivity contribution is -0.122. The van der Waals surface area contributed by atoms with E-state index < -0.39 is 0 Å². The lowest BCUT2D eigenvalue weighted by Gasteiger charge is -2.15. The summed E-state index contributed by atoms with van der Waals surface area (Å²) >= 11 is 5.24. The first-order valence-electron chi connectivity index (χ1n) is 9.17. The van der Waals surface area contributed by atoms with Crippen LogP contribution in [0.4, 0.5) is 0 Å². The van der Waals surface area contributed by atoms with Crippen LogP contribution in [-0.2, 0) is 17.8 Å². The number of aryl methyl sites for hydroxylation is 1. The molecule has 27 heavy (non-hydrogen) atoms. The molecule has 1 heterocycles. The molecule has 5 nitrogen and oxygen atoms in total. The first-order chi connectivity index (χ1) is 13.1. The number of aromatic amines is 1. The number of nitrogens with one attached hydrogen (secondary N) is 2. The molecule has 0 saturated carbocycles. The van der Waals surface area contributed by atoms with Gasteiger partial charge in [-0.2, -0.15) is 5.10 Å². The van der Waals surface area contributed by atoms with E-state index in [-0.39, 0.29) is 18.5 Å². The number of carbonyl (C=O) groups excluding carboxylic acids is 1. The van der Waals surface area contributed by atoms with Gasteiger partial charge in [-0.25, -0.2) is 0 Å². The number of rotatable bonds is 7. The lowest BCUT2D eigenvalue weighted by atomic mass is 10.0. The van der Waals surface area contributed by atoms with E-state index in [1.807, 2.05) is 25.1 Å². The van der Waals surface area contributed by atoms with Gasteiger partial charge >= 0.3 is 0 Å². The van der Waals surface area contributed by atoms with Crippen LogP contribution in [0.15, 0.2) is 54.6 Å². The smallest absolute Gasteiger partial charge is 0.240 e. The van der Waals surface area contributed by atoms with Crippen LogP contribution < -0.4 is 5.32 Å².